The summed E-state index contributed by atoms with van der Waals surface area (Å²) >= 11 is 19.0. The first-order chi connectivity index (χ1) is 14.3. The van der Waals surface area contributed by atoms with Gasteiger partial charge in [-0.05, 0) is 36.4 Å². The van der Waals surface area contributed by atoms with Gasteiger partial charge in [-0.15, -0.1) is 10.2 Å². The summed E-state index contributed by atoms with van der Waals surface area (Å²) in [6.07, 6.45) is 0. The minimum atomic E-state index is -0.423. The van der Waals surface area contributed by atoms with Crippen molar-refractivity contribution < 1.29 is 14.0 Å². The van der Waals surface area contributed by atoms with Crippen LogP contribution in [0.5, 0.6) is 0 Å². The number of para-hydroxylation sites is 1. The highest BCUT2D eigenvalue weighted by atomic mass is 35.5. The molecule has 30 heavy (non-hydrogen) atoms. The molecule has 156 valence electrons. The van der Waals surface area contributed by atoms with Crippen molar-refractivity contribution >= 4 is 64.1 Å². The summed E-state index contributed by atoms with van der Waals surface area (Å²) in [6.45, 7) is -0.166. The summed E-state index contributed by atoms with van der Waals surface area (Å²) in [6, 6.07) is 11.8. The Hall–Kier alpha value is -2.26. The van der Waals surface area contributed by atoms with Gasteiger partial charge in [-0.3, -0.25) is 9.59 Å². The largest absolute Gasteiger partial charge is 0.411 e. The van der Waals surface area contributed by atoms with E-state index in [1.54, 1.807) is 42.5 Å². The first-order valence-corrected chi connectivity index (χ1v) is 10.7. The topological polar surface area (TPSA) is 88.3 Å². The van der Waals surface area contributed by atoms with Crippen LogP contribution in [0.1, 0.15) is 0 Å². The van der Waals surface area contributed by atoms with Crippen LogP contribution < -0.4 is 5.32 Å². The van der Waals surface area contributed by atoms with Crippen molar-refractivity contribution in [1.82, 2.24) is 15.1 Å². The van der Waals surface area contributed by atoms with Crippen LogP contribution >= 0.6 is 46.6 Å². The molecule has 1 N–H and O–H groups in total. The van der Waals surface area contributed by atoms with Gasteiger partial charge < -0.3 is 14.6 Å². The van der Waals surface area contributed by atoms with Gasteiger partial charge in [0.15, 0.2) is 0 Å². The van der Waals surface area contributed by atoms with Crippen LogP contribution in [0.15, 0.2) is 52.1 Å². The van der Waals surface area contributed by atoms with E-state index in [1.165, 1.54) is 11.9 Å². The SMILES string of the molecule is CN(CC(=O)Nc1c(Cl)cccc1Cl)C(=O)CSc1nnc(-c2ccc(Cl)cc2)o1. The average molecular weight is 486 g/mol. The molecule has 3 aromatic rings. The molecule has 0 fully saturated rings. The Kier molecular flexibility index (Phi) is 7.60. The number of aromatic nitrogens is 2. The van der Waals surface area contributed by atoms with Gasteiger partial charge >= 0.3 is 0 Å². The summed E-state index contributed by atoms with van der Waals surface area (Å²) in [5.74, 6) is -0.356. The first kappa shape index (κ1) is 22.4. The van der Waals surface area contributed by atoms with Gasteiger partial charge in [-0.25, -0.2) is 0 Å². The molecular formula is C19H15Cl3N4O3S. The molecule has 1 aromatic heterocycles. The summed E-state index contributed by atoms with van der Waals surface area (Å²) in [5, 5.41) is 12.0. The van der Waals surface area contributed by atoms with Gasteiger partial charge in [-0.2, -0.15) is 0 Å². The molecule has 0 aliphatic rings. The van der Waals surface area contributed by atoms with E-state index in [0.717, 1.165) is 17.3 Å². The van der Waals surface area contributed by atoms with Gasteiger partial charge in [0, 0.05) is 17.6 Å². The Labute approximate surface area is 191 Å². The number of amides is 2. The fourth-order valence-corrected chi connectivity index (χ4v) is 3.63. The number of nitrogens with zero attached hydrogens (tertiary/aromatic N) is 3. The second-order valence-electron chi connectivity index (χ2n) is 6.06. The van der Waals surface area contributed by atoms with Crippen LogP contribution in [0.25, 0.3) is 11.5 Å². The van der Waals surface area contributed by atoms with E-state index < -0.39 is 5.91 Å². The lowest BCUT2D eigenvalue weighted by atomic mass is 10.2. The third kappa shape index (κ3) is 5.89. The number of nitrogens with one attached hydrogen (secondary N) is 1. The number of carbonyl (C=O) groups excluding carboxylic acids is 2. The van der Waals surface area contributed by atoms with E-state index in [0.29, 0.717) is 26.6 Å². The van der Waals surface area contributed by atoms with Crippen molar-refractivity contribution in [2.75, 3.05) is 24.7 Å². The van der Waals surface area contributed by atoms with Crippen molar-refractivity contribution in [2.24, 2.45) is 0 Å². The molecule has 3 rings (SSSR count). The number of hydrogen-bond donors (Lipinski definition) is 1. The third-order valence-corrected chi connectivity index (χ3v) is 5.54. The van der Waals surface area contributed by atoms with Crippen LogP contribution in [0.4, 0.5) is 5.69 Å². The Bertz CT molecular complexity index is 1040. The highest BCUT2D eigenvalue weighted by molar-refractivity contribution is 7.99. The fourth-order valence-electron chi connectivity index (χ4n) is 2.31. The number of carbonyl (C=O) groups is 2. The van der Waals surface area contributed by atoms with Crippen LogP contribution in [0.3, 0.4) is 0 Å². The number of hydrogen-bond acceptors (Lipinski definition) is 6. The summed E-state index contributed by atoms with van der Waals surface area (Å²) in [5.41, 5.74) is 1.03. The lowest BCUT2D eigenvalue weighted by Gasteiger charge is -2.17. The molecule has 11 heteroatoms. The molecule has 0 radical (unpaired) electrons. The monoisotopic (exact) mass is 484 g/mol. The zero-order chi connectivity index (χ0) is 21.7. The van der Waals surface area contributed by atoms with Crippen molar-refractivity contribution in [2.45, 2.75) is 5.22 Å². The second kappa shape index (κ2) is 10.2. The number of thioether (sulfide) groups is 1. The molecule has 0 atom stereocenters. The van der Waals surface area contributed by atoms with E-state index >= 15 is 0 Å². The van der Waals surface area contributed by atoms with Crippen molar-refractivity contribution in [3.8, 4) is 11.5 Å². The predicted molar refractivity (Wildman–Crippen MR) is 118 cm³/mol. The van der Waals surface area contributed by atoms with E-state index in [-0.39, 0.29) is 23.4 Å². The maximum atomic E-state index is 12.3. The summed E-state index contributed by atoms with van der Waals surface area (Å²) < 4.78 is 5.54. The molecule has 0 aliphatic heterocycles. The molecule has 2 amide bonds. The Morgan fingerprint density at radius 3 is 2.40 bits per heavy atom. The summed E-state index contributed by atoms with van der Waals surface area (Å²) in [7, 11) is 1.52. The van der Waals surface area contributed by atoms with E-state index in [9.17, 15) is 9.59 Å². The van der Waals surface area contributed by atoms with Gasteiger partial charge in [0.1, 0.15) is 0 Å². The number of halogens is 3. The highest BCUT2D eigenvalue weighted by Gasteiger charge is 2.17. The summed E-state index contributed by atoms with van der Waals surface area (Å²) in [4.78, 5) is 25.8. The Morgan fingerprint density at radius 2 is 1.73 bits per heavy atom. The predicted octanol–water partition coefficient (Wildman–Crippen LogP) is 4.89. The lowest BCUT2D eigenvalue weighted by molar-refractivity contribution is -0.131. The van der Waals surface area contributed by atoms with Crippen molar-refractivity contribution in [1.29, 1.82) is 0 Å². The molecule has 1 heterocycles. The molecule has 0 spiro atoms. The molecule has 0 aliphatic carbocycles. The minimum absolute atomic E-state index is 0.0267. The second-order valence-corrected chi connectivity index (χ2v) is 8.24. The molecule has 0 unspecified atom stereocenters. The highest BCUT2D eigenvalue weighted by Crippen LogP contribution is 2.29. The normalized spacial score (nSPS) is 10.7. The van der Waals surface area contributed by atoms with Gasteiger partial charge in [0.25, 0.3) is 5.22 Å². The third-order valence-electron chi connectivity index (χ3n) is 3.85. The molecule has 2 aromatic carbocycles. The molecule has 7 nitrogen and oxygen atoms in total. The first-order valence-electron chi connectivity index (χ1n) is 8.53. The smallest absolute Gasteiger partial charge is 0.277 e. The minimum Gasteiger partial charge on any atom is -0.411 e. The van der Waals surface area contributed by atoms with Crippen LogP contribution in [-0.2, 0) is 9.59 Å². The van der Waals surface area contributed by atoms with E-state index in [4.69, 9.17) is 39.2 Å². The van der Waals surface area contributed by atoms with Crippen molar-refractivity contribution in [3.63, 3.8) is 0 Å². The number of benzene rings is 2. The van der Waals surface area contributed by atoms with Crippen LogP contribution in [0.2, 0.25) is 15.1 Å². The number of rotatable bonds is 7. The maximum absolute atomic E-state index is 12.3. The van der Waals surface area contributed by atoms with Crippen LogP contribution in [-0.4, -0.2) is 46.3 Å². The molecule has 0 bridgehead atoms. The molecule has 0 saturated heterocycles. The van der Waals surface area contributed by atoms with Crippen LogP contribution in [0, 0.1) is 0 Å². The van der Waals surface area contributed by atoms with Gasteiger partial charge in [0.05, 0.1) is 28.0 Å². The van der Waals surface area contributed by atoms with E-state index in [1.807, 2.05) is 0 Å². The van der Waals surface area contributed by atoms with E-state index in [2.05, 4.69) is 15.5 Å². The fraction of sp³-hybridized carbons (Fsp3) is 0.158. The van der Waals surface area contributed by atoms with Gasteiger partial charge in [-0.1, -0.05) is 52.6 Å². The number of anilines is 1. The number of likely N-dealkylation sites (N-methyl/N-ethyl adjacent to an activating group) is 1. The Balaban J connectivity index is 1.51. The lowest BCUT2D eigenvalue weighted by Crippen LogP contribution is -2.36. The maximum Gasteiger partial charge on any atom is 0.277 e. The standard InChI is InChI=1S/C19H15Cl3N4O3S/c1-26(9-15(27)23-17-13(21)3-2-4-14(17)22)16(28)10-30-19-25-24-18(29-19)11-5-7-12(20)8-6-11/h2-8H,9-10H2,1H3,(H,23,27). The zero-order valence-corrected chi connectivity index (χ0v) is 18.6. The Morgan fingerprint density at radius 1 is 1.07 bits per heavy atom. The molecule has 0 saturated carbocycles. The zero-order valence-electron chi connectivity index (χ0n) is 15.6. The van der Waals surface area contributed by atoms with Gasteiger partial charge in [0.2, 0.25) is 17.7 Å². The average Bonchev–Trinajstić information content (AvgIpc) is 3.18. The molecular weight excluding hydrogens is 471 g/mol. The van der Waals surface area contributed by atoms with Crippen molar-refractivity contribution in [3.05, 3.63) is 57.5 Å². The quantitative estimate of drug-likeness (QED) is 0.480.